The van der Waals surface area contributed by atoms with Crippen LogP contribution in [0.25, 0.3) is 0 Å². The van der Waals surface area contributed by atoms with Gasteiger partial charge >= 0.3 is 0 Å². The SMILES string of the molecule is CCC(=O)NC(=S)NNC(=O)c1ccccc1O. The predicted octanol–water partition coefficient (Wildman–Crippen LogP) is 0.438. The standard InChI is InChI=1S/C11H13N3O3S/c1-2-9(16)12-11(18)14-13-10(17)7-5-3-4-6-8(7)15/h3-6,15H,2H2,1H3,(H,13,17)(H2,12,14,16,18). The molecule has 0 aliphatic heterocycles. The number of nitrogens with one attached hydrogen (secondary N) is 3. The highest BCUT2D eigenvalue weighted by Gasteiger charge is 2.10. The topological polar surface area (TPSA) is 90.5 Å². The van der Waals surface area contributed by atoms with Crippen LogP contribution in [-0.2, 0) is 4.79 Å². The molecule has 0 fully saturated rings. The summed E-state index contributed by atoms with van der Waals surface area (Å²) >= 11 is 4.78. The average molecular weight is 267 g/mol. The number of hydrogen-bond donors (Lipinski definition) is 4. The predicted molar refractivity (Wildman–Crippen MR) is 69.7 cm³/mol. The van der Waals surface area contributed by atoms with E-state index in [0.29, 0.717) is 0 Å². The quantitative estimate of drug-likeness (QED) is 0.461. The molecule has 0 saturated carbocycles. The van der Waals surface area contributed by atoms with Crippen LogP contribution in [-0.4, -0.2) is 22.0 Å². The molecule has 0 aliphatic rings. The molecule has 0 bridgehead atoms. The molecule has 1 rings (SSSR count). The number of aromatic hydroxyl groups is 1. The summed E-state index contributed by atoms with van der Waals surface area (Å²) in [4.78, 5) is 22.6. The van der Waals surface area contributed by atoms with E-state index in [0.717, 1.165) is 0 Å². The minimum absolute atomic E-state index is 0.00868. The fraction of sp³-hybridized carbons (Fsp3) is 0.182. The van der Waals surface area contributed by atoms with Gasteiger partial charge in [-0.2, -0.15) is 0 Å². The van der Waals surface area contributed by atoms with Crippen LogP contribution in [0.4, 0.5) is 0 Å². The number of amides is 2. The maximum absolute atomic E-state index is 11.6. The van der Waals surface area contributed by atoms with E-state index in [9.17, 15) is 14.7 Å². The van der Waals surface area contributed by atoms with Gasteiger partial charge in [-0.1, -0.05) is 19.1 Å². The first-order valence-electron chi connectivity index (χ1n) is 5.22. The molecule has 0 radical (unpaired) electrons. The maximum atomic E-state index is 11.6. The summed E-state index contributed by atoms with van der Waals surface area (Å²) in [7, 11) is 0. The monoisotopic (exact) mass is 267 g/mol. The molecule has 2 amide bonds. The van der Waals surface area contributed by atoms with Crippen molar-refractivity contribution in [3.63, 3.8) is 0 Å². The summed E-state index contributed by atoms with van der Waals surface area (Å²) in [6, 6.07) is 6.07. The highest BCUT2D eigenvalue weighted by molar-refractivity contribution is 7.80. The van der Waals surface area contributed by atoms with Crippen LogP contribution in [0.1, 0.15) is 23.7 Å². The van der Waals surface area contributed by atoms with Crippen molar-refractivity contribution in [2.75, 3.05) is 0 Å². The Morgan fingerprint density at radius 2 is 1.94 bits per heavy atom. The van der Waals surface area contributed by atoms with Crippen molar-refractivity contribution in [2.24, 2.45) is 0 Å². The van der Waals surface area contributed by atoms with Crippen molar-refractivity contribution in [3.05, 3.63) is 29.8 Å². The van der Waals surface area contributed by atoms with Gasteiger partial charge in [0.25, 0.3) is 5.91 Å². The van der Waals surface area contributed by atoms with E-state index in [2.05, 4.69) is 16.2 Å². The van der Waals surface area contributed by atoms with Gasteiger partial charge in [-0.3, -0.25) is 20.4 Å². The fourth-order valence-corrected chi connectivity index (χ4v) is 1.26. The van der Waals surface area contributed by atoms with Crippen molar-refractivity contribution >= 4 is 29.1 Å². The highest BCUT2D eigenvalue weighted by Crippen LogP contribution is 2.14. The van der Waals surface area contributed by atoms with Gasteiger partial charge in [-0.05, 0) is 24.4 Å². The molecule has 7 heteroatoms. The molecule has 0 atom stereocenters. The number of phenolic OH excluding ortho intramolecular Hbond substituents is 1. The Bertz CT molecular complexity index is 476. The number of benzene rings is 1. The van der Waals surface area contributed by atoms with Gasteiger partial charge in [0.2, 0.25) is 5.91 Å². The lowest BCUT2D eigenvalue weighted by Crippen LogP contribution is -2.48. The fourth-order valence-electron chi connectivity index (χ4n) is 1.09. The molecule has 4 N–H and O–H groups in total. The third kappa shape index (κ3) is 4.02. The largest absolute Gasteiger partial charge is 0.507 e. The number of rotatable bonds is 2. The minimum Gasteiger partial charge on any atom is -0.507 e. The molecular weight excluding hydrogens is 254 g/mol. The van der Waals surface area contributed by atoms with Crippen LogP contribution in [0.2, 0.25) is 0 Å². The lowest BCUT2D eigenvalue weighted by Gasteiger charge is -2.10. The van der Waals surface area contributed by atoms with E-state index < -0.39 is 5.91 Å². The summed E-state index contributed by atoms with van der Waals surface area (Å²) in [6.45, 7) is 1.68. The molecule has 0 saturated heterocycles. The zero-order valence-corrected chi connectivity index (χ0v) is 10.5. The maximum Gasteiger partial charge on any atom is 0.273 e. The molecule has 1 aromatic carbocycles. The molecule has 0 aliphatic carbocycles. The first kappa shape index (κ1) is 13.9. The Kier molecular flexibility index (Phi) is 5.06. The lowest BCUT2D eigenvalue weighted by atomic mass is 10.2. The van der Waals surface area contributed by atoms with Crippen LogP contribution < -0.4 is 16.2 Å². The van der Waals surface area contributed by atoms with Gasteiger partial charge in [0.05, 0.1) is 5.56 Å². The Labute approximate surface area is 109 Å². The van der Waals surface area contributed by atoms with Crippen LogP contribution >= 0.6 is 12.2 Å². The van der Waals surface area contributed by atoms with E-state index in [-0.39, 0.29) is 28.8 Å². The number of carbonyl (C=O) groups excluding carboxylic acids is 2. The number of carbonyl (C=O) groups is 2. The molecule has 96 valence electrons. The molecule has 0 aromatic heterocycles. The zero-order chi connectivity index (χ0) is 13.5. The molecule has 0 unspecified atom stereocenters. The first-order valence-corrected chi connectivity index (χ1v) is 5.63. The Morgan fingerprint density at radius 3 is 2.56 bits per heavy atom. The zero-order valence-electron chi connectivity index (χ0n) is 9.69. The van der Waals surface area contributed by atoms with Gasteiger partial charge in [0, 0.05) is 6.42 Å². The molecule has 0 heterocycles. The number of hydrazine groups is 1. The summed E-state index contributed by atoms with van der Waals surface area (Å²) in [6.07, 6.45) is 0.287. The Hall–Kier alpha value is -2.15. The average Bonchev–Trinajstić information content (AvgIpc) is 2.36. The second kappa shape index (κ2) is 6.55. The Balaban J connectivity index is 2.50. The van der Waals surface area contributed by atoms with E-state index in [4.69, 9.17) is 12.2 Å². The summed E-state index contributed by atoms with van der Waals surface area (Å²) in [5.74, 6) is -0.953. The molecule has 1 aromatic rings. The first-order chi connectivity index (χ1) is 8.54. The van der Waals surface area contributed by atoms with Crippen molar-refractivity contribution < 1.29 is 14.7 Å². The molecule has 6 nitrogen and oxygen atoms in total. The second-order valence-corrected chi connectivity index (χ2v) is 3.74. The highest BCUT2D eigenvalue weighted by atomic mass is 32.1. The van der Waals surface area contributed by atoms with Crippen LogP contribution in [0.5, 0.6) is 5.75 Å². The third-order valence-corrected chi connectivity index (χ3v) is 2.22. The van der Waals surface area contributed by atoms with Gasteiger partial charge in [0.1, 0.15) is 5.75 Å². The number of phenols is 1. The van der Waals surface area contributed by atoms with Gasteiger partial charge in [-0.25, -0.2) is 0 Å². The number of thiocarbonyl (C=S) groups is 1. The van der Waals surface area contributed by atoms with Crippen molar-refractivity contribution in [1.82, 2.24) is 16.2 Å². The molecular formula is C11H13N3O3S. The summed E-state index contributed by atoms with van der Waals surface area (Å²) in [5, 5.41) is 11.8. The van der Waals surface area contributed by atoms with Crippen molar-refractivity contribution in [3.8, 4) is 5.75 Å². The number of hydrogen-bond acceptors (Lipinski definition) is 4. The summed E-state index contributed by atoms with van der Waals surface area (Å²) in [5.41, 5.74) is 4.73. The third-order valence-electron chi connectivity index (χ3n) is 2.01. The van der Waals surface area contributed by atoms with Gasteiger partial charge < -0.3 is 10.4 Å². The minimum atomic E-state index is -0.554. The van der Waals surface area contributed by atoms with Crippen molar-refractivity contribution in [2.45, 2.75) is 13.3 Å². The van der Waals surface area contributed by atoms with E-state index >= 15 is 0 Å². The van der Waals surface area contributed by atoms with Gasteiger partial charge in [-0.15, -0.1) is 0 Å². The second-order valence-electron chi connectivity index (χ2n) is 3.33. The van der Waals surface area contributed by atoms with E-state index in [1.54, 1.807) is 19.1 Å². The van der Waals surface area contributed by atoms with E-state index in [1.807, 2.05) is 0 Å². The van der Waals surface area contributed by atoms with Crippen LogP contribution in [0, 0.1) is 0 Å². The molecule has 18 heavy (non-hydrogen) atoms. The van der Waals surface area contributed by atoms with Crippen molar-refractivity contribution in [1.29, 1.82) is 0 Å². The smallest absolute Gasteiger partial charge is 0.273 e. The van der Waals surface area contributed by atoms with Crippen LogP contribution in [0.3, 0.4) is 0 Å². The van der Waals surface area contributed by atoms with Gasteiger partial charge in [0.15, 0.2) is 5.11 Å². The summed E-state index contributed by atoms with van der Waals surface area (Å²) < 4.78 is 0. The van der Waals surface area contributed by atoms with E-state index in [1.165, 1.54) is 12.1 Å². The normalized spacial score (nSPS) is 9.39. The number of para-hydroxylation sites is 1. The molecule has 0 spiro atoms. The van der Waals surface area contributed by atoms with Crippen LogP contribution in [0.15, 0.2) is 24.3 Å². The lowest BCUT2D eigenvalue weighted by molar-refractivity contribution is -0.119. The Morgan fingerprint density at radius 1 is 1.28 bits per heavy atom.